The highest BCUT2D eigenvalue weighted by Gasteiger charge is 2.08. The molecule has 0 N–H and O–H groups in total. The maximum absolute atomic E-state index is 12.1. The van der Waals surface area contributed by atoms with E-state index in [0.717, 1.165) is 31.1 Å². The van der Waals surface area contributed by atoms with Gasteiger partial charge in [0.25, 0.3) is 0 Å². The maximum Gasteiger partial charge on any atom is 0.339 e. The molecule has 4 nitrogen and oxygen atoms in total. The number of carbonyl (C=O) groups is 1. The number of unbranched alkanes of at least 4 members (excludes halogenated alkanes) is 11. The standard InChI is InChI=1S/C28H40O4/c1-3-4-5-6-7-8-9-10-11-12-13-14-15-16-17-18-27(29)31-25-20-19-24-21-23(2)28(30)32-26(24)22-25/h10-11,19-22H,3-9,12-18H2,1-2H3/b11-10+. The third-order valence-electron chi connectivity index (χ3n) is 5.76. The van der Waals surface area contributed by atoms with Gasteiger partial charge in [-0.05, 0) is 57.2 Å². The number of benzene rings is 1. The summed E-state index contributed by atoms with van der Waals surface area (Å²) in [5.74, 6) is 0.179. The third kappa shape index (κ3) is 10.3. The summed E-state index contributed by atoms with van der Waals surface area (Å²) in [7, 11) is 0. The van der Waals surface area contributed by atoms with E-state index in [1.807, 2.05) is 0 Å². The summed E-state index contributed by atoms with van der Waals surface area (Å²) in [6, 6.07) is 6.92. The van der Waals surface area contributed by atoms with Crippen molar-refractivity contribution in [1.82, 2.24) is 0 Å². The first-order valence-electron chi connectivity index (χ1n) is 12.5. The summed E-state index contributed by atoms with van der Waals surface area (Å²) in [6.07, 6.45) is 21.1. The topological polar surface area (TPSA) is 56.5 Å². The van der Waals surface area contributed by atoms with Crippen molar-refractivity contribution in [2.75, 3.05) is 0 Å². The minimum absolute atomic E-state index is 0.239. The zero-order valence-corrected chi connectivity index (χ0v) is 20.0. The lowest BCUT2D eigenvalue weighted by atomic mass is 10.1. The van der Waals surface area contributed by atoms with Crippen LogP contribution >= 0.6 is 0 Å². The van der Waals surface area contributed by atoms with Gasteiger partial charge in [-0.15, -0.1) is 0 Å². The molecule has 0 radical (unpaired) electrons. The highest BCUT2D eigenvalue weighted by atomic mass is 16.5. The number of hydrogen-bond acceptors (Lipinski definition) is 4. The summed E-state index contributed by atoms with van der Waals surface area (Å²) < 4.78 is 10.7. The SMILES string of the molecule is CCCCCCCC/C=C/CCCCCCCC(=O)Oc1ccc2cc(C)c(=O)oc2c1. The Morgan fingerprint density at radius 2 is 1.50 bits per heavy atom. The molecule has 0 spiro atoms. The molecule has 0 atom stereocenters. The fourth-order valence-electron chi connectivity index (χ4n) is 3.78. The number of allylic oxidation sites excluding steroid dienone is 2. The molecule has 2 aromatic rings. The van der Waals surface area contributed by atoms with E-state index in [2.05, 4.69) is 19.1 Å². The molecule has 1 aromatic heterocycles. The quantitative estimate of drug-likeness (QED) is 0.0871. The Kier molecular flexibility index (Phi) is 12.5. The molecular formula is C28H40O4. The van der Waals surface area contributed by atoms with E-state index >= 15 is 0 Å². The zero-order valence-electron chi connectivity index (χ0n) is 20.0. The van der Waals surface area contributed by atoms with E-state index in [1.54, 1.807) is 31.2 Å². The van der Waals surface area contributed by atoms with Crippen LogP contribution in [0.4, 0.5) is 0 Å². The fourth-order valence-corrected chi connectivity index (χ4v) is 3.78. The van der Waals surface area contributed by atoms with Gasteiger partial charge in [-0.1, -0.05) is 70.4 Å². The Hall–Kier alpha value is -2.36. The van der Waals surface area contributed by atoms with E-state index in [1.165, 1.54) is 57.8 Å². The minimum Gasteiger partial charge on any atom is -0.426 e. The Labute approximate surface area is 193 Å². The van der Waals surface area contributed by atoms with Crippen molar-refractivity contribution < 1.29 is 13.9 Å². The van der Waals surface area contributed by atoms with Gasteiger partial charge in [0, 0.05) is 23.4 Å². The van der Waals surface area contributed by atoms with Crippen LogP contribution in [0.5, 0.6) is 5.75 Å². The number of fused-ring (bicyclic) bond motifs is 1. The average molecular weight is 441 g/mol. The lowest BCUT2D eigenvalue weighted by Gasteiger charge is -2.06. The van der Waals surface area contributed by atoms with Gasteiger partial charge in [-0.3, -0.25) is 4.79 Å². The Bertz CT molecular complexity index is 894. The van der Waals surface area contributed by atoms with Crippen LogP contribution in [0, 0.1) is 6.92 Å². The first-order chi connectivity index (χ1) is 15.6. The second kappa shape index (κ2) is 15.4. The monoisotopic (exact) mass is 440 g/mol. The van der Waals surface area contributed by atoms with Gasteiger partial charge in [0.05, 0.1) is 0 Å². The van der Waals surface area contributed by atoms with Crippen molar-refractivity contribution in [3.63, 3.8) is 0 Å². The van der Waals surface area contributed by atoms with Crippen LogP contribution in [0.25, 0.3) is 11.0 Å². The van der Waals surface area contributed by atoms with E-state index in [9.17, 15) is 9.59 Å². The van der Waals surface area contributed by atoms with Crippen molar-refractivity contribution in [2.45, 2.75) is 104 Å². The molecule has 0 aliphatic rings. The number of hydrogen-bond donors (Lipinski definition) is 0. The highest BCUT2D eigenvalue weighted by Crippen LogP contribution is 2.21. The van der Waals surface area contributed by atoms with Crippen molar-refractivity contribution >= 4 is 16.9 Å². The van der Waals surface area contributed by atoms with Crippen LogP contribution in [-0.2, 0) is 4.79 Å². The van der Waals surface area contributed by atoms with Crippen LogP contribution in [-0.4, -0.2) is 5.97 Å². The van der Waals surface area contributed by atoms with Crippen LogP contribution in [0.1, 0.15) is 102 Å². The molecule has 176 valence electrons. The lowest BCUT2D eigenvalue weighted by Crippen LogP contribution is -2.08. The summed E-state index contributed by atoms with van der Waals surface area (Å²) in [6.45, 7) is 3.97. The minimum atomic E-state index is -0.366. The van der Waals surface area contributed by atoms with Crippen LogP contribution in [0.15, 0.2) is 45.6 Å². The van der Waals surface area contributed by atoms with Crippen molar-refractivity contribution in [3.05, 3.63) is 52.4 Å². The normalized spacial score (nSPS) is 11.4. The smallest absolute Gasteiger partial charge is 0.339 e. The first kappa shape index (κ1) is 25.9. The second-order valence-corrected chi connectivity index (χ2v) is 8.72. The molecule has 1 aromatic carbocycles. The second-order valence-electron chi connectivity index (χ2n) is 8.72. The third-order valence-corrected chi connectivity index (χ3v) is 5.76. The van der Waals surface area contributed by atoms with Crippen molar-refractivity contribution in [3.8, 4) is 5.75 Å². The fraction of sp³-hybridized carbons (Fsp3) is 0.571. The lowest BCUT2D eigenvalue weighted by molar-refractivity contribution is -0.134. The van der Waals surface area contributed by atoms with Gasteiger partial charge in [-0.25, -0.2) is 4.79 Å². The maximum atomic E-state index is 12.1. The summed E-state index contributed by atoms with van der Waals surface area (Å²) in [4.78, 5) is 23.7. The van der Waals surface area contributed by atoms with Gasteiger partial charge in [-0.2, -0.15) is 0 Å². The molecule has 0 bridgehead atoms. The highest BCUT2D eigenvalue weighted by molar-refractivity contribution is 5.80. The molecular weight excluding hydrogens is 400 g/mol. The molecule has 32 heavy (non-hydrogen) atoms. The van der Waals surface area contributed by atoms with Crippen molar-refractivity contribution in [2.24, 2.45) is 0 Å². The summed E-state index contributed by atoms with van der Waals surface area (Å²) >= 11 is 0. The summed E-state index contributed by atoms with van der Waals surface area (Å²) in [5.41, 5.74) is 0.632. The van der Waals surface area contributed by atoms with Crippen molar-refractivity contribution in [1.29, 1.82) is 0 Å². The number of esters is 1. The Morgan fingerprint density at radius 3 is 2.19 bits per heavy atom. The van der Waals surface area contributed by atoms with Crippen LogP contribution in [0.2, 0.25) is 0 Å². The number of carbonyl (C=O) groups excluding carboxylic acids is 1. The molecule has 0 saturated carbocycles. The first-order valence-corrected chi connectivity index (χ1v) is 12.5. The molecule has 4 heteroatoms. The molecule has 0 aliphatic heterocycles. The molecule has 0 fully saturated rings. The Balaban J connectivity index is 1.49. The predicted molar refractivity (Wildman–Crippen MR) is 132 cm³/mol. The van der Waals surface area contributed by atoms with E-state index < -0.39 is 0 Å². The molecule has 0 unspecified atom stereocenters. The van der Waals surface area contributed by atoms with Crippen LogP contribution in [0.3, 0.4) is 0 Å². The van der Waals surface area contributed by atoms with E-state index in [-0.39, 0.29) is 11.6 Å². The molecule has 0 amide bonds. The number of ether oxygens (including phenoxy) is 1. The molecule has 2 rings (SSSR count). The average Bonchev–Trinajstić information content (AvgIpc) is 2.77. The summed E-state index contributed by atoms with van der Waals surface area (Å²) in [5, 5.41) is 0.819. The molecule has 0 aliphatic carbocycles. The van der Waals surface area contributed by atoms with Gasteiger partial charge < -0.3 is 9.15 Å². The van der Waals surface area contributed by atoms with Gasteiger partial charge in [0.1, 0.15) is 11.3 Å². The number of rotatable bonds is 16. The van der Waals surface area contributed by atoms with E-state index in [0.29, 0.717) is 23.3 Å². The van der Waals surface area contributed by atoms with Crippen LogP contribution < -0.4 is 10.4 Å². The largest absolute Gasteiger partial charge is 0.426 e. The van der Waals surface area contributed by atoms with Gasteiger partial charge >= 0.3 is 11.6 Å². The van der Waals surface area contributed by atoms with E-state index in [4.69, 9.17) is 9.15 Å². The molecule has 0 saturated heterocycles. The Morgan fingerprint density at radius 1 is 0.875 bits per heavy atom. The van der Waals surface area contributed by atoms with Gasteiger partial charge in [0.2, 0.25) is 0 Å². The predicted octanol–water partition coefficient (Wildman–Crippen LogP) is 8.04. The molecule has 1 heterocycles. The number of aryl methyl sites for hydroxylation is 1. The zero-order chi connectivity index (χ0) is 23.0. The van der Waals surface area contributed by atoms with Gasteiger partial charge in [0.15, 0.2) is 0 Å².